The lowest BCUT2D eigenvalue weighted by atomic mass is 10.00. The first-order valence-electron chi connectivity index (χ1n) is 6.81. The number of hydrogen-bond donors (Lipinski definition) is 1. The minimum atomic E-state index is 0.488. The van der Waals surface area contributed by atoms with Crippen LogP contribution < -0.4 is 5.32 Å². The van der Waals surface area contributed by atoms with Crippen LogP contribution in [-0.2, 0) is 11.2 Å². The minimum Gasteiger partial charge on any atom is -0.378 e. The molecule has 0 spiro atoms. The van der Waals surface area contributed by atoms with Crippen molar-refractivity contribution in [3.63, 3.8) is 0 Å². The lowest BCUT2D eigenvalue weighted by Crippen LogP contribution is -2.29. The zero-order chi connectivity index (χ0) is 12.8. The molecule has 2 heterocycles. The summed E-state index contributed by atoms with van der Waals surface area (Å²) < 4.78 is 6.67. The molecule has 102 valence electrons. The molecule has 0 radical (unpaired) electrons. The highest BCUT2D eigenvalue weighted by atomic mass is 35.5. The zero-order valence-corrected chi connectivity index (χ0v) is 12.5. The van der Waals surface area contributed by atoms with Gasteiger partial charge in [-0.2, -0.15) is 0 Å². The second-order valence-corrected chi connectivity index (χ2v) is 6.76. The first-order chi connectivity index (χ1) is 8.78. The Morgan fingerprint density at radius 2 is 2.39 bits per heavy atom. The predicted molar refractivity (Wildman–Crippen MR) is 78.7 cm³/mol. The number of halogens is 1. The Morgan fingerprint density at radius 1 is 1.50 bits per heavy atom. The van der Waals surface area contributed by atoms with Gasteiger partial charge in [0.05, 0.1) is 10.4 Å². The van der Waals surface area contributed by atoms with Crippen LogP contribution in [0.15, 0.2) is 12.1 Å². The van der Waals surface area contributed by atoms with Crippen LogP contribution in [0.5, 0.6) is 0 Å². The van der Waals surface area contributed by atoms with Crippen LogP contribution in [0.4, 0.5) is 0 Å². The fourth-order valence-corrected chi connectivity index (χ4v) is 3.64. The van der Waals surface area contributed by atoms with Gasteiger partial charge >= 0.3 is 0 Å². The van der Waals surface area contributed by atoms with Gasteiger partial charge in [-0.1, -0.05) is 11.6 Å². The number of hydrogen-bond acceptors (Lipinski definition) is 3. The maximum atomic E-state index is 5.96. The van der Waals surface area contributed by atoms with Crippen molar-refractivity contribution in [1.29, 1.82) is 0 Å². The third kappa shape index (κ3) is 4.54. The summed E-state index contributed by atoms with van der Waals surface area (Å²) in [6, 6.07) is 4.65. The average molecular weight is 288 g/mol. The molecule has 0 aromatic carbocycles. The van der Waals surface area contributed by atoms with E-state index in [-0.39, 0.29) is 0 Å². The molecule has 0 saturated carbocycles. The molecule has 2 nitrogen and oxygen atoms in total. The van der Waals surface area contributed by atoms with Crippen LogP contribution in [-0.4, -0.2) is 25.8 Å². The molecule has 2 unspecified atom stereocenters. The summed E-state index contributed by atoms with van der Waals surface area (Å²) in [7, 11) is 2.04. The molecule has 1 N–H and O–H groups in total. The van der Waals surface area contributed by atoms with Gasteiger partial charge < -0.3 is 10.1 Å². The van der Waals surface area contributed by atoms with E-state index in [1.807, 2.05) is 13.1 Å². The van der Waals surface area contributed by atoms with Gasteiger partial charge in [-0.3, -0.25) is 0 Å². The monoisotopic (exact) mass is 287 g/mol. The van der Waals surface area contributed by atoms with Gasteiger partial charge in [0.2, 0.25) is 0 Å². The van der Waals surface area contributed by atoms with E-state index in [1.54, 1.807) is 11.3 Å². The molecular formula is C14H22ClNOS. The van der Waals surface area contributed by atoms with E-state index in [2.05, 4.69) is 11.4 Å². The van der Waals surface area contributed by atoms with E-state index in [9.17, 15) is 0 Å². The van der Waals surface area contributed by atoms with Gasteiger partial charge in [0.15, 0.2) is 0 Å². The quantitative estimate of drug-likeness (QED) is 0.857. The molecule has 0 bridgehead atoms. The molecular weight excluding hydrogens is 266 g/mol. The van der Waals surface area contributed by atoms with Crippen molar-refractivity contribution in [2.75, 3.05) is 13.7 Å². The summed E-state index contributed by atoms with van der Waals surface area (Å²) in [6.45, 7) is 0.954. The molecule has 18 heavy (non-hydrogen) atoms. The molecule has 1 aromatic rings. The summed E-state index contributed by atoms with van der Waals surface area (Å²) in [4.78, 5) is 1.36. The maximum Gasteiger partial charge on any atom is 0.0931 e. The van der Waals surface area contributed by atoms with Gasteiger partial charge in [-0.25, -0.2) is 0 Å². The number of rotatable bonds is 6. The molecule has 1 aromatic heterocycles. The van der Waals surface area contributed by atoms with E-state index in [1.165, 1.54) is 37.0 Å². The van der Waals surface area contributed by atoms with Crippen molar-refractivity contribution >= 4 is 22.9 Å². The molecule has 1 aliphatic heterocycles. The average Bonchev–Trinajstić information content (AvgIpc) is 2.81. The summed E-state index contributed by atoms with van der Waals surface area (Å²) in [5, 5.41) is 3.41. The zero-order valence-electron chi connectivity index (χ0n) is 11.0. The fourth-order valence-electron chi connectivity index (χ4n) is 2.47. The van der Waals surface area contributed by atoms with Crippen LogP contribution in [0.1, 0.15) is 37.0 Å². The number of thiophene rings is 1. The van der Waals surface area contributed by atoms with Crippen molar-refractivity contribution < 1.29 is 4.74 Å². The minimum absolute atomic E-state index is 0.488. The standard InChI is InChI=1S/C14H22ClNOS/c1-16-11(10-13-7-8-14(15)18-13)5-6-12-4-2-3-9-17-12/h7-8,11-12,16H,2-6,9-10H2,1H3. The normalized spacial score (nSPS) is 22.0. The highest BCUT2D eigenvalue weighted by Crippen LogP contribution is 2.24. The Labute approximate surface area is 119 Å². The first kappa shape index (κ1) is 14.3. The molecule has 2 atom stereocenters. The Bertz CT molecular complexity index is 349. The van der Waals surface area contributed by atoms with Crippen molar-refractivity contribution in [2.24, 2.45) is 0 Å². The Balaban J connectivity index is 1.74. The van der Waals surface area contributed by atoms with Crippen molar-refractivity contribution in [3.05, 3.63) is 21.3 Å². The Kier molecular flexibility index (Phi) is 5.96. The lowest BCUT2D eigenvalue weighted by molar-refractivity contribution is 0.00871. The number of ether oxygens (including phenoxy) is 1. The molecule has 0 amide bonds. The molecule has 1 fully saturated rings. The highest BCUT2D eigenvalue weighted by molar-refractivity contribution is 7.16. The SMILES string of the molecule is CNC(CCC1CCCCO1)Cc1ccc(Cl)s1. The van der Waals surface area contributed by atoms with E-state index in [0.717, 1.165) is 17.4 Å². The van der Waals surface area contributed by atoms with Crippen LogP contribution in [0.25, 0.3) is 0 Å². The van der Waals surface area contributed by atoms with Gasteiger partial charge in [-0.05, 0) is 57.7 Å². The van der Waals surface area contributed by atoms with Crippen LogP contribution in [0, 0.1) is 0 Å². The van der Waals surface area contributed by atoms with Crippen molar-refractivity contribution in [1.82, 2.24) is 5.32 Å². The lowest BCUT2D eigenvalue weighted by Gasteiger charge is -2.24. The first-order valence-corrected chi connectivity index (χ1v) is 8.00. The van der Waals surface area contributed by atoms with E-state index in [4.69, 9.17) is 16.3 Å². The third-order valence-corrected chi connectivity index (χ3v) is 4.85. The molecule has 1 aliphatic rings. The third-order valence-electron chi connectivity index (χ3n) is 3.60. The van der Waals surface area contributed by atoms with Crippen molar-refractivity contribution in [2.45, 2.75) is 50.7 Å². The largest absolute Gasteiger partial charge is 0.378 e. The predicted octanol–water partition coefficient (Wildman–Crippen LogP) is 3.88. The van der Waals surface area contributed by atoms with E-state index < -0.39 is 0 Å². The highest BCUT2D eigenvalue weighted by Gasteiger charge is 2.16. The second kappa shape index (κ2) is 7.49. The molecule has 4 heteroatoms. The van der Waals surface area contributed by atoms with Gasteiger partial charge in [0.25, 0.3) is 0 Å². The smallest absolute Gasteiger partial charge is 0.0931 e. The summed E-state index contributed by atoms with van der Waals surface area (Å²) in [5.74, 6) is 0. The fraction of sp³-hybridized carbons (Fsp3) is 0.714. The van der Waals surface area contributed by atoms with Crippen LogP contribution >= 0.6 is 22.9 Å². The van der Waals surface area contributed by atoms with Crippen LogP contribution in [0.3, 0.4) is 0 Å². The summed E-state index contributed by atoms with van der Waals surface area (Å²) in [6.07, 6.45) is 7.71. The summed E-state index contributed by atoms with van der Waals surface area (Å²) in [5.41, 5.74) is 0. The maximum absolute atomic E-state index is 5.96. The second-order valence-electron chi connectivity index (χ2n) is 4.96. The van der Waals surface area contributed by atoms with E-state index in [0.29, 0.717) is 12.1 Å². The van der Waals surface area contributed by atoms with Gasteiger partial charge in [0.1, 0.15) is 0 Å². The van der Waals surface area contributed by atoms with Gasteiger partial charge in [0, 0.05) is 17.5 Å². The van der Waals surface area contributed by atoms with Crippen LogP contribution in [0.2, 0.25) is 4.34 Å². The van der Waals surface area contributed by atoms with Gasteiger partial charge in [-0.15, -0.1) is 11.3 Å². The topological polar surface area (TPSA) is 21.3 Å². The van der Waals surface area contributed by atoms with Crippen molar-refractivity contribution in [3.8, 4) is 0 Å². The summed E-state index contributed by atoms with van der Waals surface area (Å²) >= 11 is 7.65. The molecule has 0 aliphatic carbocycles. The molecule has 1 saturated heterocycles. The number of nitrogens with one attached hydrogen (secondary N) is 1. The Morgan fingerprint density at radius 3 is 3.00 bits per heavy atom. The number of likely N-dealkylation sites (N-methyl/N-ethyl adjacent to an activating group) is 1. The van der Waals surface area contributed by atoms with E-state index >= 15 is 0 Å². The molecule has 2 rings (SSSR count). The Hall–Kier alpha value is -0.0900.